The number of unbranched alkanes of at least 4 members (excludes halogenated alkanes) is 5. The van der Waals surface area contributed by atoms with Gasteiger partial charge < -0.3 is 0 Å². The van der Waals surface area contributed by atoms with Crippen molar-refractivity contribution in [2.45, 2.75) is 115 Å². The van der Waals surface area contributed by atoms with Crippen molar-refractivity contribution in [1.82, 2.24) is 4.90 Å². The summed E-state index contributed by atoms with van der Waals surface area (Å²) in [5, 5.41) is 0. The van der Waals surface area contributed by atoms with Gasteiger partial charge in [0.15, 0.2) is 0 Å². The second-order valence-electron chi connectivity index (χ2n) is 7.44. The molecule has 2 aliphatic rings. The van der Waals surface area contributed by atoms with Crippen molar-refractivity contribution in [3.63, 3.8) is 0 Å². The average molecular weight is 293 g/mol. The third kappa shape index (κ3) is 6.30. The molecule has 0 aromatic heterocycles. The molecule has 2 aliphatic carbocycles. The fourth-order valence-corrected chi connectivity index (χ4v) is 4.49. The van der Waals surface area contributed by atoms with Crippen molar-refractivity contribution in [2.75, 3.05) is 6.54 Å². The first-order valence-corrected chi connectivity index (χ1v) is 9.97. The second kappa shape index (κ2) is 10.6. The number of nitrogens with zero attached hydrogens (tertiary/aromatic N) is 1. The Hall–Kier alpha value is -0.0400. The summed E-state index contributed by atoms with van der Waals surface area (Å²) >= 11 is 0. The van der Waals surface area contributed by atoms with Gasteiger partial charge in [-0.3, -0.25) is 4.90 Å². The van der Waals surface area contributed by atoms with Crippen LogP contribution in [0.5, 0.6) is 0 Å². The first kappa shape index (κ1) is 17.3. The Morgan fingerprint density at radius 3 is 1.62 bits per heavy atom. The van der Waals surface area contributed by atoms with Crippen LogP contribution in [0.4, 0.5) is 0 Å². The Morgan fingerprint density at radius 2 is 1.10 bits per heavy atom. The van der Waals surface area contributed by atoms with Gasteiger partial charge in [-0.2, -0.15) is 0 Å². The fraction of sp³-hybridized carbons (Fsp3) is 0.950. The maximum atomic E-state index is 3.95. The predicted octanol–water partition coefficient (Wildman–Crippen LogP) is 6.13. The van der Waals surface area contributed by atoms with Crippen molar-refractivity contribution in [2.24, 2.45) is 0 Å². The molecule has 123 valence electrons. The molecule has 0 saturated heterocycles. The van der Waals surface area contributed by atoms with E-state index in [1.165, 1.54) is 103 Å². The summed E-state index contributed by atoms with van der Waals surface area (Å²) in [6, 6.07) is 1.86. The molecule has 0 heterocycles. The Morgan fingerprint density at radius 1 is 0.619 bits per heavy atom. The minimum atomic E-state index is 0.932. The smallest absolute Gasteiger partial charge is 0.00981 e. The highest BCUT2D eigenvalue weighted by molar-refractivity contribution is 4.83. The van der Waals surface area contributed by atoms with E-state index in [1.807, 2.05) is 0 Å². The predicted molar refractivity (Wildman–Crippen MR) is 93.5 cm³/mol. The molecular formula is C20H38N. The van der Waals surface area contributed by atoms with Crippen molar-refractivity contribution < 1.29 is 0 Å². The Kier molecular flexibility index (Phi) is 8.78. The van der Waals surface area contributed by atoms with Crippen molar-refractivity contribution in [1.29, 1.82) is 0 Å². The summed E-state index contributed by atoms with van der Waals surface area (Å²) in [5.74, 6) is 0. The molecule has 1 nitrogen and oxygen atoms in total. The Labute approximate surface area is 133 Å². The highest BCUT2D eigenvalue weighted by Gasteiger charge is 2.28. The van der Waals surface area contributed by atoms with Gasteiger partial charge in [-0.1, -0.05) is 77.6 Å². The third-order valence-corrected chi connectivity index (χ3v) is 5.75. The first-order chi connectivity index (χ1) is 10.4. The second-order valence-corrected chi connectivity index (χ2v) is 7.44. The molecule has 0 aromatic carbocycles. The van der Waals surface area contributed by atoms with Crippen LogP contribution in [-0.2, 0) is 0 Å². The Bertz CT molecular complexity index is 220. The molecule has 21 heavy (non-hydrogen) atoms. The molecule has 2 rings (SSSR count). The molecule has 2 saturated carbocycles. The van der Waals surface area contributed by atoms with Crippen LogP contribution in [0.25, 0.3) is 0 Å². The van der Waals surface area contributed by atoms with Gasteiger partial charge >= 0.3 is 0 Å². The highest BCUT2D eigenvalue weighted by Crippen LogP contribution is 2.30. The minimum absolute atomic E-state index is 0.932. The van der Waals surface area contributed by atoms with E-state index in [1.54, 1.807) is 0 Å². The lowest BCUT2D eigenvalue weighted by atomic mass is 9.88. The van der Waals surface area contributed by atoms with E-state index < -0.39 is 0 Å². The molecule has 1 radical (unpaired) electrons. The summed E-state index contributed by atoms with van der Waals surface area (Å²) in [6.07, 6.45) is 23.0. The zero-order valence-corrected chi connectivity index (χ0v) is 14.3. The van der Waals surface area contributed by atoms with Crippen molar-refractivity contribution in [3.8, 4) is 0 Å². The van der Waals surface area contributed by atoms with Gasteiger partial charge in [0, 0.05) is 12.1 Å². The molecule has 0 atom stereocenters. The normalized spacial score (nSPS) is 22.0. The SMILES string of the molecule is [CH2]CCCCCCCN(C1CCCCC1)C1CCCCC1. The van der Waals surface area contributed by atoms with Crippen LogP contribution >= 0.6 is 0 Å². The standard InChI is InChI=1S/C20H38N/c1-2-3-4-5-6-13-18-21(19-14-9-7-10-15-19)20-16-11-8-12-17-20/h19-20H,1-18H2. The first-order valence-electron chi connectivity index (χ1n) is 9.97. The van der Waals surface area contributed by atoms with Crippen LogP contribution in [0.3, 0.4) is 0 Å². The van der Waals surface area contributed by atoms with E-state index in [0.29, 0.717) is 0 Å². The van der Waals surface area contributed by atoms with E-state index in [9.17, 15) is 0 Å². The molecule has 0 aromatic rings. The molecule has 1 heteroatoms. The topological polar surface area (TPSA) is 3.24 Å². The van der Waals surface area contributed by atoms with Gasteiger partial charge in [0.2, 0.25) is 0 Å². The zero-order chi connectivity index (χ0) is 14.8. The van der Waals surface area contributed by atoms with Gasteiger partial charge in [0.25, 0.3) is 0 Å². The molecule has 0 unspecified atom stereocenters. The number of hydrogen-bond acceptors (Lipinski definition) is 1. The zero-order valence-electron chi connectivity index (χ0n) is 14.3. The van der Waals surface area contributed by atoms with Crippen molar-refractivity contribution >= 4 is 0 Å². The van der Waals surface area contributed by atoms with E-state index in [-0.39, 0.29) is 0 Å². The van der Waals surface area contributed by atoms with Crippen LogP contribution in [0.2, 0.25) is 0 Å². The summed E-state index contributed by atoms with van der Waals surface area (Å²) < 4.78 is 0. The van der Waals surface area contributed by atoms with Crippen molar-refractivity contribution in [3.05, 3.63) is 6.92 Å². The lowest BCUT2D eigenvalue weighted by molar-refractivity contribution is 0.0788. The third-order valence-electron chi connectivity index (χ3n) is 5.75. The number of rotatable bonds is 9. The summed E-state index contributed by atoms with van der Waals surface area (Å²) in [4.78, 5) is 2.97. The maximum absolute atomic E-state index is 3.95. The lowest BCUT2D eigenvalue weighted by Gasteiger charge is -2.41. The van der Waals surface area contributed by atoms with Crippen LogP contribution in [0, 0.1) is 6.92 Å². The van der Waals surface area contributed by atoms with E-state index in [4.69, 9.17) is 0 Å². The van der Waals surface area contributed by atoms with Gasteiger partial charge in [-0.15, -0.1) is 0 Å². The monoisotopic (exact) mass is 292 g/mol. The van der Waals surface area contributed by atoms with Gasteiger partial charge in [0.1, 0.15) is 0 Å². The molecule has 2 fully saturated rings. The molecule has 0 bridgehead atoms. The van der Waals surface area contributed by atoms with Crippen LogP contribution in [-0.4, -0.2) is 23.5 Å². The largest absolute Gasteiger partial charge is 0.297 e. The highest BCUT2D eigenvalue weighted by atomic mass is 15.2. The fourth-order valence-electron chi connectivity index (χ4n) is 4.49. The number of hydrogen-bond donors (Lipinski definition) is 0. The van der Waals surface area contributed by atoms with Crippen LogP contribution in [0.1, 0.15) is 103 Å². The summed E-state index contributed by atoms with van der Waals surface area (Å²) in [6.45, 7) is 5.33. The lowest BCUT2D eigenvalue weighted by Crippen LogP contribution is -2.45. The van der Waals surface area contributed by atoms with Crippen LogP contribution in [0.15, 0.2) is 0 Å². The van der Waals surface area contributed by atoms with E-state index in [2.05, 4.69) is 11.8 Å². The summed E-state index contributed by atoms with van der Waals surface area (Å²) in [7, 11) is 0. The molecule has 0 N–H and O–H groups in total. The molecule has 0 amide bonds. The molecule has 0 aliphatic heterocycles. The van der Waals surface area contributed by atoms with E-state index >= 15 is 0 Å². The van der Waals surface area contributed by atoms with Gasteiger partial charge in [0.05, 0.1) is 0 Å². The van der Waals surface area contributed by atoms with Crippen LogP contribution < -0.4 is 0 Å². The Balaban J connectivity index is 1.74. The van der Waals surface area contributed by atoms with E-state index in [0.717, 1.165) is 18.5 Å². The molecule has 0 spiro atoms. The molecular weight excluding hydrogens is 254 g/mol. The van der Waals surface area contributed by atoms with Gasteiger partial charge in [-0.05, 0) is 38.6 Å². The summed E-state index contributed by atoms with van der Waals surface area (Å²) in [5.41, 5.74) is 0. The average Bonchev–Trinajstić information content (AvgIpc) is 2.56. The quantitative estimate of drug-likeness (QED) is 0.462. The maximum Gasteiger partial charge on any atom is 0.00981 e. The minimum Gasteiger partial charge on any atom is -0.297 e. The van der Waals surface area contributed by atoms with Gasteiger partial charge in [-0.25, -0.2) is 0 Å².